The van der Waals surface area contributed by atoms with E-state index in [2.05, 4.69) is 10.2 Å². The Labute approximate surface area is 145 Å². The molecule has 2 N–H and O–H groups in total. The van der Waals surface area contributed by atoms with E-state index >= 15 is 0 Å². The maximum absolute atomic E-state index is 11.8. The topological polar surface area (TPSA) is 78.9 Å². The molecule has 1 rings (SSSR count). The number of ether oxygens (including phenoxy) is 1. The molecule has 0 saturated carbocycles. The zero-order chi connectivity index (χ0) is 18.0. The van der Waals surface area contributed by atoms with Crippen molar-refractivity contribution >= 4 is 12.1 Å². The smallest absolute Gasteiger partial charge is 0.407 e. The predicted octanol–water partition coefficient (Wildman–Crippen LogP) is 3.40. The molecule has 6 heteroatoms. The van der Waals surface area contributed by atoms with Crippen molar-refractivity contribution in [2.24, 2.45) is 0 Å². The molecule has 6 nitrogen and oxygen atoms in total. The summed E-state index contributed by atoms with van der Waals surface area (Å²) < 4.78 is 5.29. The van der Waals surface area contributed by atoms with Crippen molar-refractivity contribution < 1.29 is 19.4 Å². The van der Waals surface area contributed by atoms with Crippen LogP contribution in [0.5, 0.6) is 0 Å². The van der Waals surface area contributed by atoms with Gasteiger partial charge in [0.2, 0.25) is 0 Å². The lowest BCUT2D eigenvalue weighted by molar-refractivity contribution is -0.137. The highest BCUT2D eigenvalue weighted by atomic mass is 16.6. The number of unbranched alkanes of at least 4 members (excludes halogenated alkanes) is 4. The highest BCUT2D eigenvalue weighted by molar-refractivity contribution is 5.68. The molecule has 0 aliphatic carbocycles. The van der Waals surface area contributed by atoms with Crippen LogP contribution in [0.15, 0.2) is 0 Å². The molecule has 0 aromatic rings. The van der Waals surface area contributed by atoms with Gasteiger partial charge in [-0.25, -0.2) is 4.79 Å². The number of piperidine rings is 1. The van der Waals surface area contributed by atoms with Crippen LogP contribution in [0.4, 0.5) is 4.79 Å². The summed E-state index contributed by atoms with van der Waals surface area (Å²) in [6.07, 6.45) is 7.15. The molecular weight excluding hydrogens is 308 g/mol. The van der Waals surface area contributed by atoms with Gasteiger partial charge in [0.05, 0.1) is 0 Å². The van der Waals surface area contributed by atoms with Crippen LogP contribution < -0.4 is 5.32 Å². The van der Waals surface area contributed by atoms with Crippen molar-refractivity contribution in [1.29, 1.82) is 0 Å². The largest absolute Gasteiger partial charge is 0.481 e. The summed E-state index contributed by atoms with van der Waals surface area (Å²) in [6.45, 7) is 8.74. The molecule has 0 radical (unpaired) electrons. The molecule has 1 aliphatic rings. The van der Waals surface area contributed by atoms with Gasteiger partial charge in [-0.1, -0.05) is 19.3 Å². The molecule has 1 aliphatic heterocycles. The second kappa shape index (κ2) is 10.5. The zero-order valence-corrected chi connectivity index (χ0v) is 15.5. The normalized spacial score (nSPS) is 16.8. The first-order valence-corrected chi connectivity index (χ1v) is 9.20. The number of hydrogen-bond donors (Lipinski definition) is 2. The summed E-state index contributed by atoms with van der Waals surface area (Å²) >= 11 is 0. The minimum absolute atomic E-state index is 0.215. The molecule has 1 saturated heterocycles. The van der Waals surface area contributed by atoms with Gasteiger partial charge in [0.1, 0.15) is 5.60 Å². The molecule has 24 heavy (non-hydrogen) atoms. The fourth-order valence-corrected chi connectivity index (χ4v) is 2.92. The van der Waals surface area contributed by atoms with Crippen LogP contribution in [0, 0.1) is 0 Å². The van der Waals surface area contributed by atoms with Crippen molar-refractivity contribution in [3.05, 3.63) is 0 Å². The van der Waals surface area contributed by atoms with E-state index in [-0.39, 0.29) is 18.6 Å². The standard InChI is InChI=1S/C18H34N2O4/c1-18(2,3)24-17(23)19-15-10-13-20(14-11-15)12-8-6-4-5-7-9-16(21)22/h15H,4-14H2,1-3H3,(H,19,23)(H,21,22). The molecule has 0 spiro atoms. The van der Waals surface area contributed by atoms with Gasteiger partial charge in [0.15, 0.2) is 0 Å². The van der Waals surface area contributed by atoms with Crippen LogP contribution in [-0.4, -0.2) is 53.3 Å². The van der Waals surface area contributed by atoms with E-state index in [1.807, 2.05) is 20.8 Å². The number of carbonyl (C=O) groups excluding carboxylic acids is 1. The van der Waals surface area contributed by atoms with Crippen molar-refractivity contribution in [1.82, 2.24) is 10.2 Å². The van der Waals surface area contributed by atoms with Crippen LogP contribution in [0.3, 0.4) is 0 Å². The molecular formula is C18H34N2O4. The summed E-state index contributed by atoms with van der Waals surface area (Å²) in [5, 5.41) is 11.5. The van der Waals surface area contributed by atoms with Crippen molar-refractivity contribution in [3.8, 4) is 0 Å². The van der Waals surface area contributed by atoms with Crippen molar-refractivity contribution in [2.45, 2.75) is 83.8 Å². The van der Waals surface area contributed by atoms with Gasteiger partial charge in [0, 0.05) is 25.6 Å². The number of alkyl carbamates (subject to hydrolysis) is 1. The average molecular weight is 342 g/mol. The highest BCUT2D eigenvalue weighted by Crippen LogP contribution is 2.14. The third kappa shape index (κ3) is 10.5. The summed E-state index contributed by atoms with van der Waals surface area (Å²) in [7, 11) is 0. The minimum atomic E-state index is -0.696. The number of nitrogens with one attached hydrogen (secondary N) is 1. The fraction of sp³-hybridized carbons (Fsp3) is 0.889. The predicted molar refractivity (Wildman–Crippen MR) is 94.2 cm³/mol. The third-order valence-corrected chi connectivity index (χ3v) is 4.17. The van der Waals surface area contributed by atoms with Crippen LogP contribution in [0.25, 0.3) is 0 Å². The Morgan fingerprint density at radius 3 is 2.25 bits per heavy atom. The Kier molecular flexibility index (Phi) is 9.11. The molecule has 0 unspecified atom stereocenters. The van der Waals surface area contributed by atoms with Crippen LogP contribution in [0.1, 0.15) is 72.1 Å². The monoisotopic (exact) mass is 342 g/mol. The number of carboxylic acids is 1. The average Bonchev–Trinajstić information content (AvgIpc) is 2.45. The summed E-state index contributed by atoms with van der Waals surface area (Å²) in [5.74, 6) is -0.696. The number of amides is 1. The first-order chi connectivity index (χ1) is 11.3. The van der Waals surface area contributed by atoms with Crippen LogP contribution in [0.2, 0.25) is 0 Å². The minimum Gasteiger partial charge on any atom is -0.481 e. The fourth-order valence-electron chi connectivity index (χ4n) is 2.92. The molecule has 1 heterocycles. The molecule has 1 fully saturated rings. The Morgan fingerprint density at radius 1 is 1.08 bits per heavy atom. The number of hydrogen-bond acceptors (Lipinski definition) is 4. The van der Waals surface area contributed by atoms with Crippen molar-refractivity contribution in [3.63, 3.8) is 0 Å². The number of nitrogens with zero attached hydrogens (tertiary/aromatic N) is 1. The molecule has 0 aromatic heterocycles. The Bertz CT molecular complexity index is 385. The van der Waals surface area contributed by atoms with Gasteiger partial charge < -0.3 is 20.1 Å². The lowest BCUT2D eigenvalue weighted by Crippen LogP contribution is -2.46. The van der Waals surface area contributed by atoms with Gasteiger partial charge in [-0.3, -0.25) is 4.79 Å². The summed E-state index contributed by atoms with van der Waals surface area (Å²) in [4.78, 5) is 24.6. The zero-order valence-electron chi connectivity index (χ0n) is 15.5. The van der Waals surface area contributed by atoms with E-state index in [4.69, 9.17) is 9.84 Å². The van der Waals surface area contributed by atoms with E-state index in [0.29, 0.717) is 0 Å². The van der Waals surface area contributed by atoms with E-state index in [0.717, 1.165) is 64.6 Å². The molecule has 0 atom stereocenters. The van der Waals surface area contributed by atoms with Gasteiger partial charge in [-0.15, -0.1) is 0 Å². The Hall–Kier alpha value is -1.30. The first kappa shape index (κ1) is 20.7. The first-order valence-electron chi connectivity index (χ1n) is 9.20. The number of rotatable bonds is 9. The lowest BCUT2D eigenvalue weighted by atomic mass is 10.0. The van der Waals surface area contributed by atoms with Gasteiger partial charge in [-0.05, 0) is 53.0 Å². The van der Waals surface area contributed by atoms with Crippen molar-refractivity contribution in [2.75, 3.05) is 19.6 Å². The third-order valence-electron chi connectivity index (χ3n) is 4.17. The lowest BCUT2D eigenvalue weighted by Gasteiger charge is -2.32. The van der Waals surface area contributed by atoms with Gasteiger partial charge in [0.25, 0.3) is 0 Å². The summed E-state index contributed by atoms with van der Waals surface area (Å²) in [6, 6.07) is 0.215. The molecule has 1 amide bonds. The van der Waals surface area contributed by atoms with E-state index in [9.17, 15) is 9.59 Å². The second-order valence-corrected chi connectivity index (χ2v) is 7.67. The maximum atomic E-state index is 11.8. The van der Waals surface area contributed by atoms with E-state index < -0.39 is 11.6 Å². The van der Waals surface area contributed by atoms with Gasteiger partial charge in [-0.2, -0.15) is 0 Å². The second-order valence-electron chi connectivity index (χ2n) is 7.67. The Balaban J connectivity index is 2.03. The van der Waals surface area contributed by atoms with Crippen LogP contribution >= 0.6 is 0 Å². The van der Waals surface area contributed by atoms with Gasteiger partial charge >= 0.3 is 12.1 Å². The summed E-state index contributed by atoms with van der Waals surface area (Å²) in [5.41, 5.74) is -0.449. The maximum Gasteiger partial charge on any atom is 0.407 e. The number of carbonyl (C=O) groups is 2. The highest BCUT2D eigenvalue weighted by Gasteiger charge is 2.23. The number of carboxylic acid groups (broad SMARTS) is 1. The van der Waals surface area contributed by atoms with E-state index in [1.54, 1.807) is 0 Å². The Morgan fingerprint density at radius 2 is 1.67 bits per heavy atom. The number of likely N-dealkylation sites (tertiary alicyclic amines) is 1. The molecule has 0 aromatic carbocycles. The molecule has 140 valence electrons. The molecule has 0 bridgehead atoms. The van der Waals surface area contributed by atoms with E-state index in [1.165, 1.54) is 0 Å². The van der Waals surface area contributed by atoms with Crippen LogP contribution in [-0.2, 0) is 9.53 Å². The number of aliphatic carboxylic acids is 1. The quantitative estimate of drug-likeness (QED) is 0.628. The SMILES string of the molecule is CC(C)(C)OC(=O)NC1CCN(CCCCCCCC(=O)O)CC1.